The number of hydrogen-bond acceptors (Lipinski definition) is 5. The Kier molecular flexibility index (Phi) is 7.74. The first-order valence-electron chi connectivity index (χ1n) is 12.8. The number of benzene rings is 3. The normalized spacial score (nSPS) is 15.9. The van der Waals surface area contributed by atoms with E-state index in [0.717, 1.165) is 29.5 Å². The SMILES string of the molecule is Cc1ccc(CN(C(=O)Cn2nnc3ccccc32)[C@@H](C(=O)NC[C@H]2CCCO2)c2ccc(F)cc2)cc1. The number of carbonyl (C=O) groups excluding carboxylic acids is 2. The zero-order chi connectivity index (χ0) is 26.5. The van der Waals surface area contributed by atoms with Gasteiger partial charge in [-0.1, -0.05) is 59.3 Å². The maximum absolute atomic E-state index is 13.9. The molecule has 196 valence electrons. The minimum Gasteiger partial charge on any atom is -0.376 e. The molecule has 2 amide bonds. The van der Waals surface area contributed by atoms with Crippen LogP contribution in [0.3, 0.4) is 0 Å². The fourth-order valence-corrected chi connectivity index (χ4v) is 4.70. The van der Waals surface area contributed by atoms with Crippen LogP contribution in [0, 0.1) is 12.7 Å². The van der Waals surface area contributed by atoms with E-state index in [1.807, 2.05) is 55.5 Å². The first-order chi connectivity index (χ1) is 18.5. The summed E-state index contributed by atoms with van der Waals surface area (Å²) in [7, 11) is 0. The first-order valence-corrected chi connectivity index (χ1v) is 12.8. The summed E-state index contributed by atoms with van der Waals surface area (Å²) in [5.74, 6) is -1.09. The molecule has 8 nitrogen and oxygen atoms in total. The van der Waals surface area contributed by atoms with Gasteiger partial charge in [-0.05, 0) is 55.2 Å². The first kappa shape index (κ1) is 25.5. The number of amides is 2. The summed E-state index contributed by atoms with van der Waals surface area (Å²) in [6, 6.07) is 19.9. The van der Waals surface area contributed by atoms with Gasteiger partial charge in [0.25, 0.3) is 0 Å². The molecule has 9 heteroatoms. The van der Waals surface area contributed by atoms with Crippen molar-refractivity contribution in [3.05, 3.63) is 95.3 Å². The molecule has 0 bridgehead atoms. The number of fused-ring (bicyclic) bond motifs is 1. The summed E-state index contributed by atoms with van der Waals surface area (Å²) >= 11 is 0. The van der Waals surface area contributed by atoms with Crippen molar-refractivity contribution < 1.29 is 18.7 Å². The van der Waals surface area contributed by atoms with Gasteiger partial charge in [-0.2, -0.15) is 0 Å². The van der Waals surface area contributed by atoms with Gasteiger partial charge in [-0.25, -0.2) is 9.07 Å². The van der Waals surface area contributed by atoms with Gasteiger partial charge < -0.3 is 15.0 Å². The summed E-state index contributed by atoms with van der Waals surface area (Å²) in [5, 5.41) is 11.3. The Morgan fingerprint density at radius 1 is 1.11 bits per heavy atom. The van der Waals surface area contributed by atoms with E-state index in [4.69, 9.17) is 4.74 Å². The van der Waals surface area contributed by atoms with Crippen LogP contribution in [0.2, 0.25) is 0 Å². The lowest BCUT2D eigenvalue weighted by molar-refractivity contribution is -0.142. The topological polar surface area (TPSA) is 89.4 Å². The van der Waals surface area contributed by atoms with Crippen LogP contribution < -0.4 is 5.32 Å². The second kappa shape index (κ2) is 11.5. The fraction of sp³-hybridized carbons (Fsp3) is 0.310. The molecule has 4 aromatic rings. The highest BCUT2D eigenvalue weighted by atomic mass is 19.1. The summed E-state index contributed by atoms with van der Waals surface area (Å²) in [4.78, 5) is 29.2. The number of aryl methyl sites for hydroxylation is 1. The minimum absolute atomic E-state index is 0.0596. The van der Waals surface area contributed by atoms with Crippen molar-refractivity contribution in [3.63, 3.8) is 0 Å². The highest BCUT2D eigenvalue weighted by Gasteiger charge is 2.33. The number of aromatic nitrogens is 3. The van der Waals surface area contributed by atoms with Crippen molar-refractivity contribution in [1.82, 2.24) is 25.2 Å². The fourth-order valence-electron chi connectivity index (χ4n) is 4.70. The lowest BCUT2D eigenvalue weighted by atomic mass is 10.0. The molecule has 1 aliphatic heterocycles. The van der Waals surface area contributed by atoms with E-state index in [9.17, 15) is 14.0 Å². The number of halogens is 1. The van der Waals surface area contributed by atoms with E-state index < -0.39 is 11.9 Å². The molecule has 1 N–H and O–H groups in total. The zero-order valence-corrected chi connectivity index (χ0v) is 21.2. The van der Waals surface area contributed by atoms with Crippen molar-refractivity contribution >= 4 is 22.8 Å². The van der Waals surface area contributed by atoms with Gasteiger partial charge in [0, 0.05) is 19.7 Å². The smallest absolute Gasteiger partial charge is 0.247 e. The molecule has 1 fully saturated rings. The Morgan fingerprint density at radius 3 is 2.61 bits per heavy atom. The van der Waals surface area contributed by atoms with Crippen molar-refractivity contribution in [2.45, 2.75) is 45.0 Å². The molecule has 3 aromatic carbocycles. The van der Waals surface area contributed by atoms with Crippen molar-refractivity contribution in [3.8, 4) is 0 Å². The second-order valence-electron chi connectivity index (χ2n) is 9.58. The average Bonchev–Trinajstić information content (AvgIpc) is 3.60. The van der Waals surface area contributed by atoms with Crippen molar-refractivity contribution in [2.75, 3.05) is 13.2 Å². The molecule has 0 saturated carbocycles. The second-order valence-corrected chi connectivity index (χ2v) is 9.58. The molecule has 0 spiro atoms. The van der Waals surface area contributed by atoms with E-state index in [1.165, 1.54) is 21.7 Å². The lowest BCUT2D eigenvalue weighted by Crippen LogP contribution is -2.46. The number of hydrogen-bond donors (Lipinski definition) is 1. The summed E-state index contributed by atoms with van der Waals surface area (Å²) in [6.45, 7) is 3.08. The Bertz CT molecular complexity index is 1400. The van der Waals surface area contributed by atoms with Crippen LogP contribution in [0.5, 0.6) is 0 Å². The number of para-hydroxylation sites is 1. The van der Waals surface area contributed by atoms with Crippen LogP contribution in [0.25, 0.3) is 11.0 Å². The number of nitrogens with one attached hydrogen (secondary N) is 1. The largest absolute Gasteiger partial charge is 0.376 e. The zero-order valence-electron chi connectivity index (χ0n) is 21.2. The van der Waals surface area contributed by atoms with Gasteiger partial charge in [0.1, 0.15) is 23.9 Å². The Hall–Kier alpha value is -4.11. The quantitative estimate of drug-likeness (QED) is 0.365. The number of nitrogens with zero attached hydrogens (tertiary/aromatic N) is 4. The third-order valence-corrected chi connectivity index (χ3v) is 6.77. The Morgan fingerprint density at radius 2 is 1.87 bits per heavy atom. The molecule has 0 unspecified atom stereocenters. The van der Waals surface area contributed by atoms with Crippen LogP contribution in [-0.4, -0.2) is 51.0 Å². The van der Waals surface area contributed by atoms with Crippen LogP contribution >= 0.6 is 0 Å². The molecule has 38 heavy (non-hydrogen) atoms. The van der Waals surface area contributed by atoms with E-state index >= 15 is 0 Å². The molecule has 1 aromatic heterocycles. The van der Waals surface area contributed by atoms with Crippen LogP contribution in [0.1, 0.15) is 35.6 Å². The number of carbonyl (C=O) groups is 2. The predicted octanol–water partition coefficient (Wildman–Crippen LogP) is 3.94. The van der Waals surface area contributed by atoms with Crippen LogP contribution in [-0.2, 0) is 27.4 Å². The molecular formula is C29H30FN5O3. The minimum atomic E-state index is -0.986. The van der Waals surface area contributed by atoms with Crippen molar-refractivity contribution in [1.29, 1.82) is 0 Å². The van der Waals surface area contributed by atoms with E-state index in [2.05, 4.69) is 15.6 Å². The van der Waals surface area contributed by atoms with Gasteiger partial charge in [0.2, 0.25) is 11.8 Å². The predicted molar refractivity (Wildman–Crippen MR) is 140 cm³/mol. The molecular weight excluding hydrogens is 485 g/mol. The maximum atomic E-state index is 13.9. The molecule has 1 aliphatic rings. The highest BCUT2D eigenvalue weighted by Crippen LogP contribution is 2.26. The molecule has 1 saturated heterocycles. The third-order valence-electron chi connectivity index (χ3n) is 6.77. The molecule has 0 radical (unpaired) electrons. The monoisotopic (exact) mass is 515 g/mol. The van der Waals surface area contributed by atoms with Crippen LogP contribution in [0.4, 0.5) is 4.39 Å². The Labute approximate surface area is 220 Å². The van der Waals surface area contributed by atoms with Gasteiger partial charge >= 0.3 is 0 Å². The van der Waals surface area contributed by atoms with Gasteiger partial charge in [-0.15, -0.1) is 5.10 Å². The van der Waals surface area contributed by atoms with E-state index in [1.54, 1.807) is 12.1 Å². The van der Waals surface area contributed by atoms with E-state index in [0.29, 0.717) is 24.2 Å². The molecule has 5 rings (SSSR count). The lowest BCUT2D eigenvalue weighted by Gasteiger charge is -2.32. The van der Waals surface area contributed by atoms with E-state index in [-0.39, 0.29) is 31.0 Å². The van der Waals surface area contributed by atoms with Crippen LogP contribution in [0.15, 0.2) is 72.8 Å². The van der Waals surface area contributed by atoms with Crippen molar-refractivity contribution in [2.24, 2.45) is 0 Å². The van der Waals surface area contributed by atoms with Gasteiger partial charge in [-0.3, -0.25) is 9.59 Å². The third kappa shape index (κ3) is 5.89. The molecule has 2 heterocycles. The average molecular weight is 516 g/mol. The summed E-state index contributed by atoms with van der Waals surface area (Å²) in [5.41, 5.74) is 3.86. The highest BCUT2D eigenvalue weighted by molar-refractivity contribution is 5.89. The summed E-state index contributed by atoms with van der Waals surface area (Å²) < 4.78 is 21.0. The number of ether oxygens (including phenoxy) is 1. The summed E-state index contributed by atoms with van der Waals surface area (Å²) in [6.07, 6.45) is 1.76. The maximum Gasteiger partial charge on any atom is 0.247 e. The van der Waals surface area contributed by atoms with Gasteiger partial charge in [0.05, 0.1) is 11.6 Å². The standard InChI is InChI=1S/C29H30FN5O3/c1-20-8-10-21(11-9-20)18-34(27(36)19-35-26-7-3-2-6-25(26)32-33-35)28(22-12-14-23(30)15-13-22)29(37)31-17-24-5-4-16-38-24/h2-3,6-15,24,28H,4-5,16-19H2,1H3,(H,31,37)/t24-,28-/m1/s1. The number of rotatable bonds is 9. The molecule has 2 atom stereocenters. The Balaban J connectivity index is 1.49. The molecule has 0 aliphatic carbocycles. The van der Waals surface area contributed by atoms with Gasteiger partial charge in [0.15, 0.2) is 0 Å².